The van der Waals surface area contributed by atoms with E-state index in [1.807, 2.05) is 13.8 Å². The average Bonchev–Trinajstić information content (AvgIpc) is 3.16. The number of alkyl carbamates (subject to hydrolysis) is 1. The maximum absolute atomic E-state index is 13.8. The van der Waals surface area contributed by atoms with Crippen molar-refractivity contribution in [1.82, 2.24) is 25.3 Å². The van der Waals surface area contributed by atoms with E-state index in [9.17, 15) is 23.5 Å². The van der Waals surface area contributed by atoms with Crippen LogP contribution in [0, 0.1) is 11.8 Å². The van der Waals surface area contributed by atoms with Crippen molar-refractivity contribution >= 4 is 12.1 Å². The van der Waals surface area contributed by atoms with Gasteiger partial charge in [0.25, 0.3) is 6.43 Å². The van der Waals surface area contributed by atoms with E-state index >= 15 is 0 Å². The highest BCUT2D eigenvalue weighted by molar-refractivity contribution is 5.70. The Morgan fingerprint density at radius 2 is 2.06 bits per heavy atom. The maximum Gasteiger partial charge on any atom is 0.407 e. The number of hydrogen-bond acceptors (Lipinski definition) is 7. The molecule has 2 aromatic heterocycles. The normalized spacial score (nSPS) is 18.2. The van der Waals surface area contributed by atoms with Gasteiger partial charge in [-0.3, -0.25) is 4.79 Å². The Labute approximate surface area is 195 Å². The number of amides is 1. The number of aliphatic carboxylic acids is 1. The summed E-state index contributed by atoms with van der Waals surface area (Å²) in [4.78, 5) is 27.3. The Bertz CT molecular complexity index is 1010. The summed E-state index contributed by atoms with van der Waals surface area (Å²) in [5, 5.41) is 19.8. The van der Waals surface area contributed by atoms with Crippen LogP contribution in [0.2, 0.25) is 0 Å². The lowest BCUT2D eigenvalue weighted by Gasteiger charge is -2.27. The summed E-state index contributed by atoms with van der Waals surface area (Å²) in [7, 11) is 1.61. The second-order valence-corrected chi connectivity index (χ2v) is 8.68. The molecule has 0 aliphatic heterocycles. The van der Waals surface area contributed by atoms with E-state index in [0.717, 1.165) is 0 Å². The van der Waals surface area contributed by atoms with Gasteiger partial charge in [-0.1, -0.05) is 19.1 Å². The first-order valence-corrected chi connectivity index (χ1v) is 11.1. The van der Waals surface area contributed by atoms with Gasteiger partial charge < -0.3 is 19.9 Å². The van der Waals surface area contributed by atoms with Crippen LogP contribution in [0.5, 0.6) is 5.75 Å². The van der Waals surface area contributed by atoms with Gasteiger partial charge in [-0.05, 0) is 43.7 Å². The molecule has 1 aliphatic carbocycles. The number of pyridine rings is 1. The minimum Gasteiger partial charge on any atom is -0.488 e. The number of aryl methyl sites for hydroxylation is 1. The molecule has 3 rings (SSSR count). The lowest BCUT2D eigenvalue weighted by atomic mass is 9.87. The molecular weight excluding hydrogens is 452 g/mol. The highest BCUT2D eigenvalue weighted by Gasteiger charge is 2.30. The highest BCUT2D eigenvalue weighted by atomic mass is 19.3. The lowest BCUT2D eigenvalue weighted by Crippen LogP contribution is -2.29. The minimum atomic E-state index is -2.92. The topological polar surface area (TPSA) is 128 Å². The molecule has 12 heteroatoms. The molecule has 2 N–H and O–H groups in total. The minimum absolute atomic E-state index is 0.0123. The Kier molecular flexibility index (Phi) is 8.35. The molecule has 0 radical (unpaired) electrons. The number of aromatic nitrogens is 4. The number of nitrogens with zero attached hydrogens (tertiary/aromatic N) is 4. The molecule has 34 heavy (non-hydrogen) atoms. The van der Waals surface area contributed by atoms with Gasteiger partial charge in [0, 0.05) is 7.05 Å². The summed E-state index contributed by atoms with van der Waals surface area (Å²) >= 11 is 0. The van der Waals surface area contributed by atoms with Crippen molar-refractivity contribution in [2.45, 2.75) is 58.6 Å². The van der Waals surface area contributed by atoms with Crippen molar-refractivity contribution in [2.24, 2.45) is 18.9 Å². The van der Waals surface area contributed by atoms with Crippen molar-refractivity contribution < 1.29 is 33.0 Å². The number of carboxylic acids is 1. The van der Waals surface area contributed by atoms with Crippen LogP contribution in [0.3, 0.4) is 0 Å². The number of alkyl halides is 2. The number of nitrogens with one attached hydrogen (secondary N) is 1. The summed E-state index contributed by atoms with van der Waals surface area (Å²) in [6.07, 6.45) is -1.98. The molecule has 1 saturated carbocycles. The van der Waals surface area contributed by atoms with E-state index in [1.54, 1.807) is 7.05 Å². The molecule has 2 heterocycles. The summed E-state index contributed by atoms with van der Waals surface area (Å²) in [6, 6.07) is 2.88. The molecular formula is C22H29F2N5O5. The number of ether oxygens (including phenoxy) is 2. The van der Waals surface area contributed by atoms with Gasteiger partial charge in [-0.2, -0.15) is 0 Å². The van der Waals surface area contributed by atoms with Gasteiger partial charge in [-0.15, -0.1) is 5.10 Å². The van der Waals surface area contributed by atoms with Crippen LogP contribution in [-0.4, -0.2) is 49.9 Å². The predicted octanol–water partition coefficient (Wildman–Crippen LogP) is 3.72. The fourth-order valence-electron chi connectivity index (χ4n) is 3.73. The van der Waals surface area contributed by atoms with Crippen LogP contribution in [0.4, 0.5) is 13.6 Å². The summed E-state index contributed by atoms with van der Waals surface area (Å²) in [5.41, 5.74) is 0.286. The Balaban J connectivity index is 1.78. The largest absolute Gasteiger partial charge is 0.488 e. The van der Waals surface area contributed by atoms with Crippen molar-refractivity contribution in [1.29, 1.82) is 0 Å². The predicted molar refractivity (Wildman–Crippen MR) is 116 cm³/mol. The summed E-state index contributed by atoms with van der Waals surface area (Å²) in [6.45, 7) is 4.10. The number of carbonyl (C=O) groups is 2. The van der Waals surface area contributed by atoms with Crippen LogP contribution in [0.1, 0.15) is 57.3 Å². The van der Waals surface area contributed by atoms with Gasteiger partial charge in [-0.25, -0.2) is 23.2 Å². The smallest absolute Gasteiger partial charge is 0.407 e. The molecule has 10 nitrogen and oxygen atoms in total. The van der Waals surface area contributed by atoms with E-state index in [1.165, 1.54) is 16.8 Å². The van der Waals surface area contributed by atoms with Crippen molar-refractivity contribution in [3.63, 3.8) is 0 Å². The number of rotatable bonds is 9. The van der Waals surface area contributed by atoms with Gasteiger partial charge in [0.15, 0.2) is 0 Å². The monoisotopic (exact) mass is 481 g/mol. The Morgan fingerprint density at radius 1 is 1.29 bits per heavy atom. The Morgan fingerprint density at radius 3 is 2.74 bits per heavy atom. The number of carboxylic acid groups (broad SMARTS) is 1. The van der Waals surface area contributed by atoms with E-state index in [4.69, 9.17) is 9.47 Å². The molecule has 2 aromatic rings. The summed E-state index contributed by atoms with van der Waals surface area (Å²) < 4.78 is 39.9. The van der Waals surface area contributed by atoms with Gasteiger partial charge >= 0.3 is 12.1 Å². The molecule has 1 fully saturated rings. The molecule has 1 aliphatic rings. The molecule has 186 valence electrons. The zero-order chi connectivity index (χ0) is 24.8. The van der Waals surface area contributed by atoms with Crippen LogP contribution >= 0.6 is 0 Å². The van der Waals surface area contributed by atoms with Crippen LogP contribution in [-0.2, 0) is 23.1 Å². The van der Waals surface area contributed by atoms with Gasteiger partial charge in [0.2, 0.25) is 0 Å². The zero-order valence-electron chi connectivity index (χ0n) is 19.3. The first-order valence-electron chi connectivity index (χ1n) is 11.1. The van der Waals surface area contributed by atoms with Crippen molar-refractivity contribution in [3.8, 4) is 17.1 Å². The molecule has 0 aromatic carbocycles. The first-order chi connectivity index (χ1) is 16.2. The van der Waals surface area contributed by atoms with Crippen molar-refractivity contribution in [2.75, 3.05) is 6.61 Å². The number of hydrogen-bond donors (Lipinski definition) is 2. The average molecular weight is 482 g/mol. The zero-order valence-corrected chi connectivity index (χ0v) is 19.3. The van der Waals surface area contributed by atoms with Crippen LogP contribution in [0.25, 0.3) is 11.4 Å². The van der Waals surface area contributed by atoms with Gasteiger partial charge in [0.1, 0.15) is 17.1 Å². The van der Waals surface area contributed by atoms with Crippen molar-refractivity contribution in [3.05, 3.63) is 23.5 Å². The maximum atomic E-state index is 13.8. The first kappa shape index (κ1) is 25.3. The number of halogens is 2. The summed E-state index contributed by atoms with van der Waals surface area (Å²) in [5.74, 6) is -1.37. The van der Waals surface area contributed by atoms with E-state index in [-0.39, 0.29) is 42.6 Å². The van der Waals surface area contributed by atoms with E-state index in [2.05, 4.69) is 20.6 Å². The number of carbonyl (C=O) groups excluding carboxylic acids is 1. The second kappa shape index (κ2) is 11.2. The third kappa shape index (κ3) is 6.39. The highest BCUT2D eigenvalue weighted by Crippen LogP contribution is 2.34. The molecule has 1 amide bonds. The van der Waals surface area contributed by atoms with Crippen LogP contribution in [0.15, 0.2) is 12.1 Å². The fourth-order valence-corrected chi connectivity index (χ4v) is 3.73. The fraction of sp³-hybridized carbons (Fsp3) is 0.591. The van der Waals surface area contributed by atoms with E-state index in [0.29, 0.717) is 25.0 Å². The lowest BCUT2D eigenvalue weighted by molar-refractivity contribution is -0.143. The second-order valence-electron chi connectivity index (χ2n) is 8.68. The van der Waals surface area contributed by atoms with Gasteiger partial charge in [0.05, 0.1) is 36.6 Å². The SMILES string of the molecule is CC(C)COC(=O)NCc1c(-c2ccc(O[C@H]3CCC[C@H](C(=O)O)C3)c(C(F)F)n2)nnn1C. The van der Waals surface area contributed by atoms with E-state index < -0.39 is 36.2 Å². The molecule has 0 bridgehead atoms. The standard InChI is InChI=1S/C22H29F2N5O5/c1-12(2)11-33-22(32)25-10-16-18(27-28-29(16)3)15-7-8-17(19(26-15)20(23)24)34-14-6-4-5-13(9-14)21(30)31/h7-8,12-14,20H,4-6,9-11H2,1-3H3,(H,25,32)(H,30,31)/t13-,14-/m0/s1. The molecule has 0 unspecified atom stereocenters. The Hall–Kier alpha value is -3.31. The molecule has 0 saturated heterocycles. The molecule has 0 spiro atoms. The third-order valence-corrected chi connectivity index (χ3v) is 5.50. The quantitative estimate of drug-likeness (QED) is 0.555. The molecule has 2 atom stereocenters. The third-order valence-electron chi connectivity index (χ3n) is 5.50. The van der Waals surface area contributed by atoms with Crippen LogP contribution < -0.4 is 10.1 Å².